The molecule has 1 fully saturated rings. The SMILES string of the molecule is O=COC(=O)C1(C(=O)O)CCCCC1. The first-order valence-electron chi connectivity index (χ1n) is 4.51. The predicted octanol–water partition coefficient (Wildman–Crippen LogP) is 0.721. The molecule has 0 bridgehead atoms. The summed E-state index contributed by atoms with van der Waals surface area (Å²) in [6.07, 6.45) is 2.80. The van der Waals surface area contributed by atoms with Gasteiger partial charge in [0, 0.05) is 0 Å². The number of hydrogen-bond acceptors (Lipinski definition) is 4. The largest absolute Gasteiger partial charge is 0.480 e. The third-order valence-corrected chi connectivity index (χ3v) is 2.66. The molecule has 1 aliphatic carbocycles. The van der Waals surface area contributed by atoms with Gasteiger partial charge in [-0.25, -0.2) is 0 Å². The fraction of sp³-hybridized carbons (Fsp3) is 0.667. The zero-order valence-corrected chi connectivity index (χ0v) is 7.69. The maximum atomic E-state index is 11.3. The summed E-state index contributed by atoms with van der Waals surface area (Å²) in [5.41, 5.74) is -1.49. The van der Waals surface area contributed by atoms with E-state index in [1.807, 2.05) is 0 Å². The van der Waals surface area contributed by atoms with Crippen LogP contribution < -0.4 is 0 Å². The lowest BCUT2D eigenvalue weighted by molar-refractivity contribution is -0.172. The van der Waals surface area contributed by atoms with Crippen LogP contribution in [0.2, 0.25) is 0 Å². The molecule has 78 valence electrons. The van der Waals surface area contributed by atoms with Gasteiger partial charge in [0.15, 0.2) is 5.41 Å². The maximum Gasteiger partial charge on any atom is 0.330 e. The molecule has 0 heterocycles. The summed E-state index contributed by atoms with van der Waals surface area (Å²) in [6.45, 7) is -0.0123. The fourth-order valence-electron chi connectivity index (χ4n) is 1.82. The lowest BCUT2D eigenvalue weighted by Gasteiger charge is -2.29. The molecule has 1 saturated carbocycles. The Bertz CT molecular complexity index is 252. The number of rotatable bonds is 3. The van der Waals surface area contributed by atoms with Crippen molar-refractivity contribution in [2.75, 3.05) is 0 Å². The summed E-state index contributed by atoms with van der Waals surface area (Å²) in [4.78, 5) is 32.3. The molecule has 1 aliphatic rings. The first-order valence-corrected chi connectivity index (χ1v) is 4.51. The summed E-state index contributed by atoms with van der Waals surface area (Å²) in [5, 5.41) is 8.97. The summed E-state index contributed by atoms with van der Waals surface area (Å²) in [5.74, 6) is -2.12. The molecule has 0 aromatic heterocycles. The topological polar surface area (TPSA) is 80.7 Å². The van der Waals surface area contributed by atoms with Gasteiger partial charge in [-0.2, -0.15) is 0 Å². The van der Waals surface area contributed by atoms with E-state index in [-0.39, 0.29) is 19.3 Å². The summed E-state index contributed by atoms with van der Waals surface area (Å²) in [7, 11) is 0. The van der Waals surface area contributed by atoms with Crippen LogP contribution in [0.15, 0.2) is 0 Å². The van der Waals surface area contributed by atoms with E-state index in [4.69, 9.17) is 5.11 Å². The van der Waals surface area contributed by atoms with Gasteiger partial charge in [0.25, 0.3) is 0 Å². The molecule has 0 spiro atoms. The van der Waals surface area contributed by atoms with Crippen molar-refractivity contribution in [3.63, 3.8) is 0 Å². The molecule has 0 saturated heterocycles. The minimum Gasteiger partial charge on any atom is -0.480 e. The van der Waals surface area contributed by atoms with Gasteiger partial charge in [0.05, 0.1) is 0 Å². The van der Waals surface area contributed by atoms with Crippen LogP contribution >= 0.6 is 0 Å². The number of carbonyl (C=O) groups is 3. The van der Waals surface area contributed by atoms with Crippen LogP contribution in [-0.2, 0) is 19.1 Å². The summed E-state index contributed by atoms with van der Waals surface area (Å²) < 4.78 is 4.15. The molecule has 14 heavy (non-hydrogen) atoms. The number of aliphatic carboxylic acids is 1. The highest BCUT2D eigenvalue weighted by molar-refractivity contribution is 6.01. The van der Waals surface area contributed by atoms with Gasteiger partial charge in [-0.1, -0.05) is 19.3 Å². The van der Waals surface area contributed by atoms with Crippen LogP contribution in [0, 0.1) is 5.41 Å². The first kappa shape index (κ1) is 10.7. The van der Waals surface area contributed by atoms with Crippen molar-refractivity contribution in [1.82, 2.24) is 0 Å². The molecule has 0 unspecified atom stereocenters. The van der Waals surface area contributed by atoms with E-state index >= 15 is 0 Å². The lowest BCUT2D eigenvalue weighted by Crippen LogP contribution is -2.42. The van der Waals surface area contributed by atoms with Crippen LogP contribution in [0.3, 0.4) is 0 Å². The smallest absolute Gasteiger partial charge is 0.330 e. The minimum atomic E-state index is -1.49. The monoisotopic (exact) mass is 200 g/mol. The molecule has 0 aromatic rings. The van der Waals surface area contributed by atoms with Crippen LogP contribution in [0.25, 0.3) is 0 Å². The number of ether oxygens (including phenoxy) is 1. The van der Waals surface area contributed by atoms with Crippen LogP contribution in [0.1, 0.15) is 32.1 Å². The van der Waals surface area contributed by atoms with Gasteiger partial charge in [0.2, 0.25) is 0 Å². The molecule has 1 rings (SSSR count). The molecule has 5 heteroatoms. The lowest BCUT2D eigenvalue weighted by atomic mass is 9.74. The Balaban J connectivity index is 2.84. The number of carboxylic acids is 1. The molecule has 5 nitrogen and oxygen atoms in total. The van der Waals surface area contributed by atoms with Crippen molar-refractivity contribution in [3.05, 3.63) is 0 Å². The second kappa shape index (κ2) is 4.21. The number of carboxylic acid groups (broad SMARTS) is 1. The molecule has 0 aliphatic heterocycles. The highest BCUT2D eigenvalue weighted by Crippen LogP contribution is 2.37. The van der Waals surface area contributed by atoms with E-state index in [1.54, 1.807) is 0 Å². The number of carbonyl (C=O) groups excluding carboxylic acids is 2. The minimum absolute atomic E-state index is 0.0123. The third-order valence-electron chi connectivity index (χ3n) is 2.66. The van der Waals surface area contributed by atoms with E-state index < -0.39 is 17.4 Å². The quantitative estimate of drug-likeness (QED) is 0.412. The molecule has 0 amide bonds. The van der Waals surface area contributed by atoms with Gasteiger partial charge in [-0.05, 0) is 12.8 Å². The van der Waals surface area contributed by atoms with Crippen molar-refractivity contribution < 1.29 is 24.2 Å². The van der Waals surface area contributed by atoms with Crippen LogP contribution in [0.4, 0.5) is 0 Å². The van der Waals surface area contributed by atoms with Crippen molar-refractivity contribution in [2.45, 2.75) is 32.1 Å². The Morgan fingerprint density at radius 3 is 2.21 bits per heavy atom. The van der Waals surface area contributed by atoms with E-state index in [1.165, 1.54) is 0 Å². The van der Waals surface area contributed by atoms with Crippen molar-refractivity contribution >= 4 is 18.4 Å². The van der Waals surface area contributed by atoms with Gasteiger partial charge >= 0.3 is 18.4 Å². The standard InChI is InChI=1S/C9H12O5/c10-6-14-8(13)9(7(11)12)4-2-1-3-5-9/h6H,1-5H2,(H,11,12). The highest BCUT2D eigenvalue weighted by Gasteiger charge is 2.48. The van der Waals surface area contributed by atoms with Gasteiger partial charge < -0.3 is 9.84 Å². The highest BCUT2D eigenvalue weighted by atomic mass is 16.6. The van der Waals surface area contributed by atoms with Crippen molar-refractivity contribution in [3.8, 4) is 0 Å². The molecule has 0 aromatic carbocycles. The molecular formula is C9H12O5. The van der Waals surface area contributed by atoms with Crippen LogP contribution in [0.5, 0.6) is 0 Å². The molecule has 1 N–H and O–H groups in total. The van der Waals surface area contributed by atoms with Gasteiger partial charge in [-0.3, -0.25) is 14.4 Å². The van der Waals surface area contributed by atoms with E-state index in [0.29, 0.717) is 12.8 Å². The van der Waals surface area contributed by atoms with Gasteiger partial charge in [-0.15, -0.1) is 0 Å². The predicted molar refractivity (Wildman–Crippen MR) is 45.3 cm³/mol. The fourth-order valence-corrected chi connectivity index (χ4v) is 1.82. The molecule has 0 atom stereocenters. The zero-order chi connectivity index (χ0) is 10.6. The third kappa shape index (κ3) is 1.76. The second-order valence-electron chi connectivity index (χ2n) is 3.45. The maximum absolute atomic E-state index is 11.3. The Kier molecular flexibility index (Phi) is 3.22. The van der Waals surface area contributed by atoms with E-state index in [9.17, 15) is 14.4 Å². The zero-order valence-electron chi connectivity index (χ0n) is 7.69. The Hall–Kier alpha value is -1.39. The number of esters is 1. The second-order valence-corrected chi connectivity index (χ2v) is 3.45. The van der Waals surface area contributed by atoms with Gasteiger partial charge in [0.1, 0.15) is 0 Å². The molecule has 0 radical (unpaired) electrons. The van der Waals surface area contributed by atoms with Crippen molar-refractivity contribution in [2.24, 2.45) is 5.41 Å². The Labute approximate surface area is 81.0 Å². The molecular weight excluding hydrogens is 188 g/mol. The normalized spacial score (nSPS) is 19.7. The van der Waals surface area contributed by atoms with E-state index in [2.05, 4.69) is 4.74 Å². The summed E-state index contributed by atoms with van der Waals surface area (Å²) in [6, 6.07) is 0. The van der Waals surface area contributed by atoms with Crippen molar-refractivity contribution in [1.29, 1.82) is 0 Å². The number of hydrogen-bond donors (Lipinski definition) is 1. The first-order chi connectivity index (χ1) is 6.63. The van der Waals surface area contributed by atoms with E-state index in [0.717, 1.165) is 6.42 Å². The Morgan fingerprint density at radius 2 is 1.79 bits per heavy atom. The average molecular weight is 200 g/mol. The Morgan fingerprint density at radius 1 is 1.21 bits per heavy atom. The average Bonchev–Trinajstić information content (AvgIpc) is 2.19. The summed E-state index contributed by atoms with van der Waals surface area (Å²) >= 11 is 0. The van der Waals surface area contributed by atoms with Crippen LogP contribution in [-0.4, -0.2) is 23.5 Å².